The van der Waals surface area contributed by atoms with Gasteiger partial charge in [-0.25, -0.2) is 0 Å². The maximum Gasteiger partial charge on any atom is 0.251 e. The summed E-state index contributed by atoms with van der Waals surface area (Å²) in [6.45, 7) is 0.116. The summed E-state index contributed by atoms with van der Waals surface area (Å²) >= 11 is 3.28. The first-order chi connectivity index (χ1) is 7.58. The fraction of sp³-hybridized carbons (Fsp3) is 0.455. The van der Waals surface area contributed by atoms with Crippen molar-refractivity contribution in [3.05, 3.63) is 33.2 Å². The third-order valence-corrected chi connectivity index (χ3v) is 3.21. The summed E-state index contributed by atoms with van der Waals surface area (Å²) in [7, 11) is 1.79. The summed E-state index contributed by atoms with van der Waals surface area (Å²) in [4.78, 5) is 25.0. The predicted molar refractivity (Wildman–Crippen MR) is 64.2 cm³/mol. The Hall–Kier alpha value is -1.10. The number of nitrogens with zero attached hydrogens (tertiary/aromatic N) is 2. The Balaban J connectivity index is 2.10. The predicted octanol–water partition coefficient (Wildman–Crippen LogP) is 1.23. The number of rotatable bonds is 3. The van der Waals surface area contributed by atoms with Gasteiger partial charge in [-0.2, -0.15) is 0 Å². The van der Waals surface area contributed by atoms with Gasteiger partial charge >= 0.3 is 0 Å². The van der Waals surface area contributed by atoms with E-state index in [1.807, 2.05) is 0 Å². The highest BCUT2D eigenvalue weighted by Gasteiger charge is 2.29. The third kappa shape index (κ3) is 2.52. The van der Waals surface area contributed by atoms with Crippen LogP contribution < -0.4 is 5.56 Å². The summed E-state index contributed by atoms with van der Waals surface area (Å²) in [5.74, 6) is -0.0114. The van der Waals surface area contributed by atoms with E-state index >= 15 is 0 Å². The molecule has 0 aromatic carbocycles. The SMILES string of the molecule is CN(C(=O)Cn1cc(Br)ccc1=O)C1CC1. The molecule has 0 N–H and O–H groups in total. The first-order valence-electron chi connectivity index (χ1n) is 5.19. The van der Waals surface area contributed by atoms with Gasteiger partial charge in [-0.3, -0.25) is 9.59 Å². The van der Waals surface area contributed by atoms with E-state index in [1.165, 1.54) is 10.6 Å². The molecular formula is C11H13BrN2O2. The van der Waals surface area contributed by atoms with Crippen molar-refractivity contribution >= 4 is 21.8 Å². The number of hydrogen-bond acceptors (Lipinski definition) is 2. The fourth-order valence-electron chi connectivity index (χ4n) is 1.55. The van der Waals surface area contributed by atoms with E-state index in [-0.39, 0.29) is 18.0 Å². The van der Waals surface area contributed by atoms with E-state index in [9.17, 15) is 9.59 Å². The lowest BCUT2D eigenvalue weighted by Gasteiger charge is -2.16. The van der Waals surface area contributed by atoms with Crippen LogP contribution in [0.3, 0.4) is 0 Å². The molecule has 1 aromatic rings. The summed E-state index contributed by atoms with van der Waals surface area (Å²) < 4.78 is 2.22. The van der Waals surface area contributed by atoms with Crippen LogP contribution in [-0.4, -0.2) is 28.5 Å². The van der Waals surface area contributed by atoms with Gasteiger partial charge in [0.25, 0.3) is 5.56 Å². The molecule has 5 heteroatoms. The van der Waals surface area contributed by atoms with Crippen molar-refractivity contribution in [2.75, 3.05) is 7.05 Å². The van der Waals surface area contributed by atoms with Crippen LogP contribution in [0.5, 0.6) is 0 Å². The van der Waals surface area contributed by atoms with Gasteiger partial charge in [-0.1, -0.05) is 0 Å². The highest BCUT2D eigenvalue weighted by atomic mass is 79.9. The van der Waals surface area contributed by atoms with Crippen molar-refractivity contribution in [2.45, 2.75) is 25.4 Å². The molecule has 0 spiro atoms. The Labute approximate surface area is 102 Å². The number of halogens is 1. The first-order valence-corrected chi connectivity index (χ1v) is 5.99. The second-order valence-electron chi connectivity index (χ2n) is 4.05. The maximum absolute atomic E-state index is 11.8. The van der Waals surface area contributed by atoms with Crippen molar-refractivity contribution in [1.82, 2.24) is 9.47 Å². The van der Waals surface area contributed by atoms with Crippen LogP contribution in [-0.2, 0) is 11.3 Å². The lowest BCUT2D eigenvalue weighted by Crippen LogP contribution is -2.34. The standard InChI is InChI=1S/C11H13BrN2O2/c1-13(9-3-4-9)11(16)7-14-6-8(12)2-5-10(14)15/h2,5-6,9H,3-4,7H2,1H3. The van der Waals surface area contributed by atoms with Crippen LogP contribution in [0.1, 0.15) is 12.8 Å². The second-order valence-corrected chi connectivity index (χ2v) is 4.96. The zero-order valence-corrected chi connectivity index (χ0v) is 10.6. The van der Waals surface area contributed by atoms with E-state index in [4.69, 9.17) is 0 Å². The Morgan fingerprint density at radius 1 is 1.56 bits per heavy atom. The molecule has 0 unspecified atom stereocenters. The molecule has 4 nitrogen and oxygen atoms in total. The zero-order chi connectivity index (χ0) is 11.7. The fourth-order valence-corrected chi connectivity index (χ4v) is 1.93. The van der Waals surface area contributed by atoms with Gasteiger partial charge in [-0.05, 0) is 34.8 Å². The minimum Gasteiger partial charge on any atom is -0.341 e. The van der Waals surface area contributed by atoms with Crippen molar-refractivity contribution in [3.63, 3.8) is 0 Å². The van der Waals surface area contributed by atoms with Crippen LogP contribution in [0, 0.1) is 0 Å². The average Bonchev–Trinajstić information content (AvgIpc) is 3.06. The van der Waals surface area contributed by atoms with Crippen molar-refractivity contribution < 1.29 is 4.79 Å². The lowest BCUT2D eigenvalue weighted by atomic mass is 10.4. The van der Waals surface area contributed by atoms with E-state index in [1.54, 1.807) is 24.2 Å². The summed E-state index contributed by atoms with van der Waals surface area (Å²) in [6, 6.07) is 3.51. The van der Waals surface area contributed by atoms with E-state index in [0.717, 1.165) is 17.3 Å². The quantitative estimate of drug-likeness (QED) is 0.838. The molecule has 0 bridgehead atoms. The van der Waals surface area contributed by atoms with Crippen LogP contribution >= 0.6 is 15.9 Å². The molecule has 2 rings (SSSR count). The Bertz CT molecular complexity index is 465. The highest BCUT2D eigenvalue weighted by molar-refractivity contribution is 9.10. The van der Waals surface area contributed by atoms with E-state index in [2.05, 4.69) is 15.9 Å². The molecule has 1 aliphatic carbocycles. The number of pyridine rings is 1. The highest BCUT2D eigenvalue weighted by Crippen LogP contribution is 2.25. The number of aromatic nitrogens is 1. The smallest absolute Gasteiger partial charge is 0.251 e. The number of likely N-dealkylation sites (N-methyl/N-ethyl adjacent to an activating group) is 1. The molecular weight excluding hydrogens is 272 g/mol. The largest absolute Gasteiger partial charge is 0.341 e. The lowest BCUT2D eigenvalue weighted by molar-refractivity contribution is -0.131. The molecule has 0 radical (unpaired) electrons. The minimum atomic E-state index is -0.152. The monoisotopic (exact) mass is 284 g/mol. The molecule has 1 heterocycles. The Morgan fingerprint density at radius 3 is 2.88 bits per heavy atom. The molecule has 0 atom stereocenters. The molecule has 1 amide bonds. The van der Waals surface area contributed by atoms with Gasteiger partial charge in [-0.15, -0.1) is 0 Å². The molecule has 1 fully saturated rings. The van der Waals surface area contributed by atoms with Crippen molar-refractivity contribution in [1.29, 1.82) is 0 Å². The Morgan fingerprint density at radius 2 is 2.25 bits per heavy atom. The van der Waals surface area contributed by atoms with E-state index in [0.29, 0.717) is 6.04 Å². The summed E-state index contributed by atoms with van der Waals surface area (Å²) in [5, 5.41) is 0. The molecule has 1 aliphatic rings. The van der Waals surface area contributed by atoms with Crippen molar-refractivity contribution in [3.8, 4) is 0 Å². The summed E-state index contributed by atoms with van der Waals surface area (Å²) in [5.41, 5.74) is -0.152. The van der Waals surface area contributed by atoms with Gasteiger partial charge in [0, 0.05) is 29.8 Å². The zero-order valence-electron chi connectivity index (χ0n) is 9.02. The number of amides is 1. The van der Waals surface area contributed by atoms with Gasteiger partial charge < -0.3 is 9.47 Å². The molecule has 0 saturated heterocycles. The minimum absolute atomic E-state index is 0.0114. The third-order valence-electron chi connectivity index (χ3n) is 2.74. The molecule has 1 saturated carbocycles. The average molecular weight is 285 g/mol. The Kier molecular flexibility index (Phi) is 3.14. The van der Waals surface area contributed by atoms with Crippen molar-refractivity contribution in [2.24, 2.45) is 0 Å². The van der Waals surface area contributed by atoms with Crippen LogP contribution in [0.4, 0.5) is 0 Å². The molecule has 0 aliphatic heterocycles. The molecule has 86 valence electrons. The molecule has 1 aromatic heterocycles. The molecule has 16 heavy (non-hydrogen) atoms. The van der Waals surface area contributed by atoms with Gasteiger partial charge in [0.2, 0.25) is 5.91 Å². The van der Waals surface area contributed by atoms with E-state index < -0.39 is 0 Å². The van der Waals surface area contributed by atoms with Gasteiger partial charge in [0.1, 0.15) is 6.54 Å². The number of carbonyl (C=O) groups excluding carboxylic acids is 1. The normalized spacial score (nSPS) is 14.9. The summed E-state index contributed by atoms with van der Waals surface area (Å²) in [6.07, 6.45) is 3.80. The second kappa shape index (κ2) is 4.41. The number of hydrogen-bond donors (Lipinski definition) is 0. The number of carbonyl (C=O) groups is 1. The van der Waals surface area contributed by atoms with Crippen LogP contribution in [0.15, 0.2) is 27.6 Å². The maximum atomic E-state index is 11.8. The topological polar surface area (TPSA) is 42.3 Å². The van der Waals surface area contributed by atoms with Gasteiger partial charge in [0.05, 0.1) is 0 Å². The van der Waals surface area contributed by atoms with Crippen LogP contribution in [0.25, 0.3) is 0 Å². The van der Waals surface area contributed by atoms with Crippen LogP contribution in [0.2, 0.25) is 0 Å². The van der Waals surface area contributed by atoms with Gasteiger partial charge in [0.15, 0.2) is 0 Å². The first kappa shape index (κ1) is 11.4.